The highest BCUT2D eigenvalue weighted by molar-refractivity contribution is 6.06. The van der Waals surface area contributed by atoms with Gasteiger partial charge in [0, 0.05) is 18.1 Å². The van der Waals surface area contributed by atoms with Gasteiger partial charge in [0.15, 0.2) is 17.3 Å². The minimum absolute atomic E-state index is 0.0676. The molecule has 6 nitrogen and oxygen atoms in total. The summed E-state index contributed by atoms with van der Waals surface area (Å²) in [4.78, 5) is 12.8. The zero-order valence-corrected chi connectivity index (χ0v) is 13.4. The van der Waals surface area contributed by atoms with Gasteiger partial charge in [-0.3, -0.25) is 4.79 Å². The topological polar surface area (TPSA) is 91.8 Å². The quantitative estimate of drug-likeness (QED) is 0.607. The van der Waals surface area contributed by atoms with Crippen LogP contribution in [0.25, 0.3) is 0 Å². The molecule has 0 radical (unpaired) electrons. The van der Waals surface area contributed by atoms with Crippen LogP contribution in [0.2, 0.25) is 0 Å². The molecule has 2 saturated heterocycles. The first kappa shape index (κ1) is 14.8. The molecule has 0 amide bonds. The zero-order valence-electron chi connectivity index (χ0n) is 13.4. The third-order valence-electron chi connectivity index (χ3n) is 5.40. The number of hydrogen-bond donors (Lipinski definition) is 2. The molecule has 4 atom stereocenters. The van der Waals surface area contributed by atoms with Gasteiger partial charge in [0.1, 0.15) is 17.5 Å². The molecule has 2 N–H and O–H groups in total. The van der Waals surface area contributed by atoms with Crippen LogP contribution in [0.15, 0.2) is 6.07 Å². The summed E-state index contributed by atoms with van der Waals surface area (Å²) in [5, 5.41) is 20.8. The number of epoxide rings is 2. The molecule has 0 bridgehead atoms. The molecule has 23 heavy (non-hydrogen) atoms. The summed E-state index contributed by atoms with van der Waals surface area (Å²) in [7, 11) is 1.40. The fourth-order valence-electron chi connectivity index (χ4n) is 3.76. The van der Waals surface area contributed by atoms with Crippen LogP contribution in [0.4, 0.5) is 0 Å². The lowest BCUT2D eigenvalue weighted by molar-refractivity contribution is 0.0949. The maximum Gasteiger partial charge on any atom is 0.198 e. The second kappa shape index (κ2) is 4.39. The van der Waals surface area contributed by atoms with Crippen molar-refractivity contribution in [2.75, 3.05) is 7.11 Å². The summed E-state index contributed by atoms with van der Waals surface area (Å²) >= 11 is 0. The maximum atomic E-state index is 12.8. The van der Waals surface area contributed by atoms with E-state index in [1.165, 1.54) is 13.2 Å². The number of carbonyl (C=O) groups is 1. The summed E-state index contributed by atoms with van der Waals surface area (Å²) in [5.41, 5.74) is -0.463. The first-order chi connectivity index (χ1) is 10.8. The van der Waals surface area contributed by atoms with Crippen molar-refractivity contribution in [3.05, 3.63) is 17.2 Å². The van der Waals surface area contributed by atoms with E-state index in [4.69, 9.17) is 14.2 Å². The number of fused-ring (bicyclic) bond motifs is 3. The predicted molar refractivity (Wildman–Crippen MR) is 80.1 cm³/mol. The Balaban J connectivity index is 1.88. The molecular weight excluding hydrogens is 300 g/mol. The van der Waals surface area contributed by atoms with Crippen molar-refractivity contribution in [1.29, 1.82) is 0 Å². The average Bonchev–Trinajstić information content (AvgIpc) is 3.36. The Labute approximate surface area is 134 Å². The summed E-state index contributed by atoms with van der Waals surface area (Å²) in [5.74, 6) is -0.460. The molecule has 2 aliphatic heterocycles. The van der Waals surface area contributed by atoms with Gasteiger partial charge in [0.2, 0.25) is 0 Å². The molecule has 1 aromatic rings. The van der Waals surface area contributed by atoms with Gasteiger partial charge >= 0.3 is 0 Å². The Morgan fingerprint density at radius 1 is 1.26 bits per heavy atom. The Morgan fingerprint density at radius 2 is 2.00 bits per heavy atom. The third kappa shape index (κ3) is 2.05. The molecule has 1 aliphatic carbocycles. The van der Waals surface area contributed by atoms with Gasteiger partial charge in [0.25, 0.3) is 0 Å². The molecule has 6 heteroatoms. The highest BCUT2D eigenvalue weighted by Crippen LogP contribution is 2.53. The molecule has 4 rings (SSSR count). The normalized spacial score (nSPS) is 38.1. The molecule has 4 unspecified atom stereocenters. The van der Waals surface area contributed by atoms with E-state index in [2.05, 4.69) is 0 Å². The zero-order chi connectivity index (χ0) is 16.6. The monoisotopic (exact) mass is 320 g/mol. The molecule has 2 heterocycles. The number of carbonyl (C=O) groups excluding carboxylic acids is 1. The van der Waals surface area contributed by atoms with Crippen LogP contribution in [0.1, 0.15) is 42.6 Å². The first-order valence-corrected chi connectivity index (χ1v) is 7.81. The Kier molecular flexibility index (Phi) is 2.82. The van der Waals surface area contributed by atoms with Crippen molar-refractivity contribution >= 4 is 5.78 Å². The standard InChI is InChI=1S/C17H20O6/c1-16-5-4-11-17(2,22-11)7-8-12(14(20)15(16)23-16)9(18)6-10(21-3)13(8)19/h6,11,15,18-19H,4-5,7H2,1-3H3. The van der Waals surface area contributed by atoms with E-state index >= 15 is 0 Å². The largest absolute Gasteiger partial charge is 0.507 e. The molecule has 0 aromatic heterocycles. The molecule has 0 spiro atoms. The second-order valence-corrected chi connectivity index (χ2v) is 7.11. The number of aromatic hydroxyl groups is 2. The fourth-order valence-corrected chi connectivity index (χ4v) is 3.76. The number of rotatable bonds is 1. The van der Waals surface area contributed by atoms with E-state index in [1.54, 1.807) is 0 Å². The number of phenols is 2. The van der Waals surface area contributed by atoms with Gasteiger partial charge in [-0.15, -0.1) is 0 Å². The SMILES string of the molecule is COc1cc(O)c2c(c1O)CC1(C)OC1CCC1(C)OC1C2=O. The number of phenolic OH excluding ortho intramolecular Hbond substituents is 2. The lowest BCUT2D eigenvalue weighted by Gasteiger charge is -2.18. The molecule has 0 saturated carbocycles. The molecule has 2 fully saturated rings. The van der Waals surface area contributed by atoms with Crippen LogP contribution in [0.3, 0.4) is 0 Å². The van der Waals surface area contributed by atoms with Gasteiger partial charge in [-0.1, -0.05) is 0 Å². The minimum atomic E-state index is -0.581. The summed E-state index contributed by atoms with van der Waals surface area (Å²) in [6.45, 7) is 3.86. The van der Waals surface area contributed by atoms with Crippen molar-refractivity contribution in [1.82, 2.24) is 0 Å². The smallest absolute Gasteiger partial charge is 0.198 e. The summed E-state index contributed by atoms with van der Waals surface area (Å²) in [6, 6.07) is 1.27. The van der Waals surface area contributed by atoms with Crippen molar-refractivity contribution in [2.24, 2.45) is 0 Å². The first-order valence-electron chi connectivity index (χ1n) is 7.81. The lowest BCUT2D eigenvalue weighted by atomic mass is 9.84. The highest BCUT2D eigenvalue weighted by atomic mass is 16.6. The van der Waals surface area contributed by atoms with E-state index in [1.807, 2.05) is 13.8 Å². The van der Waals surface area contributed by atoms with E-state index in [-0.39, 0.29) is 34.7 Å². The van der Waals surface area contributed by atoms with E-state index in [0.717, 1.165) is 12.8 Å². The fraction of sp³-hybridized carbons (Fsp3) is 0.588. The lowest BCUT2D eigenvalue weighted by Crippen LogP contribution is -2.25. The van der Waals surface area contributed by atoms with Crippen LogP contribution in [-0.4, -0.2) is 46.5 Å². The molecular formula is C17H20O6. The predicted octanol–water partition coefficient (Wildman–Crippen LogP) is 1.94. The second-order valence-electron chi connectivity index (χ2n) is 7.11. The Hall–Kier alpha value is -1.79. The molecule has 3 aliphatic rings. The van der Waals surface area contributed by atoms with Crippen LogP contribution in [-0.2, 0) is 15.9 Å². The van der Waals surface area contributed by atoms with Gasteiger partial charge in [-0.2, -0.15) is 0 Å². The molecule has 1 aromatic carbocycles. The van der Waals surface area contributed by atoms with Gasteiger partial charge in [0.05, 0.1) is 24.4 Å². The number of ether oxygens (including phenoxy) is 3. The van der Waals surface area contributed by atoms with Gasteiger partial charge in [-0.05, 0) is 26.7 Å². The van der Waals surface area contributed by atoms with Crippen molar-refractivity contribution < 1.29 is 29.2 Å². The highest BCUT2D eigenvalue weighted by Gasteiger charge is 2.61. The van der Waals surface area contributed by atoms with Crippen LogP contribution in [0.5, 0.6) is 17.2 Å². The maximum absolute atomic E-state index is 12.8. The number of ketones is 1. The average molecular weight is 320 g/mol. The number of Topliss-reactive ketones (excluding diaryl/α,β-unsaturated/α-hetero) is 1. The van der Waals surface area contributed by atoms with Crippen molar-refractivity contribution in [3.8, 4) is 17.2 Å². The third-order valence-corrected chi connectivity index (χ3v) is 5.40. The summed E-state index contributed by atoms with van der Waals surface area (Å²) < 4.78 is 16.5. The van der Waals surface area contributed by atoms with Gasteiger partial charge < -0.3 is 24.4 Å². The van der Waals surface area contributed by atoms with E-state index in [0.29, 0.717) is 12.0 Å². The number of benzene rings is 1. The van der Waals surface area contributed by atoms with Crippen LogP contribution >= 0.6 is 0 Å². The van der Waals surface area contributed by atoms with Crippen LogP contribution < -0.4 is 4.74 Å². The molecule has 124 valence electrons. The minimum Gasteiger partial charge on any atom is -0.507 e. The van der Waals surface area contributed by atoms with E-state index in [9.17, 15) is 15.0 Å². The van der Waals surface area contributed by atoms with Crippen LogP contribution in [0, 0.1) is 0 Å². The summed E-state index contributed by atoms with van der Waals surface area (Å²) in [6.07, 6.45) is 1.38. The number of methoxy groups -OCH3 is 1. The number of hydrogen-bond acceptors (Lipinski definition) is 6. The van der Waals surface area contributed by atoms with Gasteiger partial charge in [-0.25, -0.2) is 0 Å². The van der Waals surface area contributed by atoms with E-state index < -0.39 is 17.3 Å². The Morgan fingerprint density at radius 3 is 2.70 bits per heavy atom. The van der Waals surface area contributed by atoms with Crippen molar-refractivity contribution in [2.45, 2.75) is 56.5 Å². The Bertz CT molecular complexity index is 714. The van der Waals surface area contributed by atoms with Crippen molar-refractivity contribution in [3.63, 3.8) is 0 Å².